The third kappa shape index (κ3) is 6.45. The van der Waals surface area contributed by atoms with E-state index in [4.69, 9.17) is 16.1 Å². The lowest BCUT2D eigenvalue weighted by atomic mass is 9.89. The second kappa shape index (κ2) is 11.7. The molecule has 1 aliphatic heterocycles. The number of pyridine rings is 2. The van der Waals surface area contributed by atoms with Gasteiger partial charge in [-0.05, 0) is 76.1 Å². The highest BCUT2D eigenvalue weighted by Crippen LogP contribution is 2.32. The van der Waals surface area contributed by atoms with Crippen molar-refractivity contribution in [1.29, 1.82) is 0 Å². The Kier molecular flexibility index (Phi) is 8.01. The molecule has 3 aromatic heterocycles. The number of carbonyl (C=O) groups excluding carboxylic acids is 1. The Bertz CT molecular complexity index is 1630. The standard InChI is InChI=1S/C33H36N6O3/c1-6-23-7-9-24(10-8-23)31(40)37-33(4)13-15-38(16-14-33)29-12-11-25(19-35-29)28-17-27(42-22-32(2,3)41)21-39-30(28)26(18-34-5)20-36-39/h1,7-12,17-21,41H,13-16,22H2,2-5H3,(H,37,40). The van der Waals surface area contributed by atoms with E-state index in [1.807, 2.05) is 24.4 Å². The molecule has 9 heteroatoms. The number of terminal acetylenes is 1. The summed E-state index contributed by atoms with van der Waals surface area (Å²) in [6.07, 6.45) is 14.2. The van der Waals surface area contributed by atoms with Gasteiger partial charge < -0.3 is 20.1 Å². The summed E-state index contributed by atoms with van der Waals surface area (Å²) in [5.41, 5.74) is 3.66. The van der Waals surface area contributed by atoms with Crippen LogP contribution in [-0.2, 0) is 0 Å². The lowest BCUT2D eigenvalue weighted by Crippen LogP contribution is -2.53. The number of ether oxygens (including phenoxy) is 1. The first-order chi connectivity index (χ1) is 20.1. The zero-order valence-corrected chi connectivity index (χ0v) is 24.5. The topological polar surface area (TPSA) is 104 Å². The van der Waals surface area contributed by atoms with Gasteiger partial charge in [-0.1, -0.05) is 5.92 Å². The molecule has 0 spiro atoms. The molecule has 1 aromatic carbocycles. The van der Waals surface area contributed by atoms with Crippen molar-refractivity contribution in [3.63, 3.8) is 0 Å². The van der Waals surface area contributed by atoms with Crippen molar-refractivity contribution in [3.05, 3.63) is 77.7 Å². The van der Waals surface area contributed by atoms with Gasteiger partial charge in [0.1, 0.15) is 18.2 Å². The monoisotopic (exact) mass is 564 g/mol. The van der Waals surface area contributed by atoms with Crippen molar-refractivity contribution in [2.75, 3.05) is 31.6 Å². The van der Waals surface area contributed by atoms with Crippen molar-refractivity contribution in [1.82, 2.24) is 19.9 Å². The molecule has 0 aliphatic carbocycles. The number of benzene rings is 1. The number of aromatic nitrogens is 3. The minimum Gasteiger partial charge on any atom is -0.489 e. The molecule has 5 rings (SSSR count). The highest BCUT2D eigenvalue weighted by Gasteiger charge is 2.32. The number of anilines is 1. The maximum atomic E-state index is 12.9. The molecule has 0 bridgehead atoms. The summed E-state index contributed by atoms with van der Waals surface area (Å²) in [7, 11) is 1.73. The first-order valence-corrected chi connectivity index (χ1v) is 14.0. The van der Waals surface area contributed by atoms with Crippen LogP contribution >= 0.6 is 0 Å². The van der Waals surface area contributed by atoms with E-state index in [0.29, 0.717) is 11.3 Å². The summed E-state index contributed by atoms with van der Waals surface area (Å²) in [5.74, 6) is 3.96. The van der Waals surface area contributed by atoms with E-state index in [1.165, 1.54) is 0 Å². The Morgan fingerprint density at radius 1 is 1.21 bits per heavy atom. The van der Waals surface area contributed by atoms with Crippen molar-refractivity contribution in [2.24, 2.45) is 4.99 Å². The Labute approximate surface area is 246 Å². The van der Waals surface area contributed by atoms with Crippen LogP contribution in [0.3, 0.4) is 0 Å². The molecule has 1 saturated heterocycles. The van der Waals surface area contributed by atoms with E-state index in [9.17, 15) is 9.90 Å². The highest BCUT2D eigenvalue weighted by atomic mass is 16.5. The van der Waals surface area contributed by atoms with Gasteiger partial charge in [-0.2, -0.15) is 5.10 Å². The fraction of sp³-hybridized carbons (Fsp3) is 0.333. The van der Waals surface area contributed by atoms with E-state index in [2.05, 4.69) is 33.2 Å². The quantitative estimate of drug-likeness (QED) is 0.243. The third-order valence-electron chi connectivity index (χ3n) is 7.45. The molecule has 4 aromatic rings. The van der Waals surface area contributed by atoms with Crippen molar-refractivity contribution in [3.8, 4) is 29.2 Å². The molecule has 0 saturated carbocycles. The first kappa shape index (κ1) is 28.8. The maximum absolute atomic E-state index is 12.9. The lowest BCUT2D eigenvalue weighted by Gasteiger charge is -2.40. The summed E-state index contributed by atoms with van der Waals surface area (Å²) >= 11 is 0. The van der Waals surface area contributed by atoms with Crippen molar-refractivity contribution in [2.45, 2.75) is 44.8 Å². The predicted molar refractivity (Wildman–Crippen MR) is 165 cm³/mol. The number of aliphatic imine (C=N–C) groups is 1. The zero-order chi connectivity index (χ0) is 29.9. The fourth-order valence-corrected chi connectivity index (χ4v) is 5.06. The maximum Gasteiger partial charge on any atom is 0.251 e. The largest absolute Gasteiger partial charge is 0.489 e. The minimum atomic E-state index is -0.969. The molecule has 0 unspecified atom stereocenters. The number of aliphatic hydroxyl groups is 1. The van der Waals surface area contributed by atoms with Crippen LogP contribution in [0.4, 0.5) is 5.82 Å². The number of amides is 1. The Hall–Kier alpha value is -4.68. The van der Waals surface area contributed by atoms with Crippen LogP contribution in [0.5, 0.6) is 5.75 Å². The molecule has 0 radical (unpaired) electrons. The molecule has 4 heterocycles. The van der Waals surface area contributed by atoms with Crippen LogP contribution in [0.15, 0.2) is 66.0 Å². The van der Waals surface area contributed by atoms with Gasteiger partial charge in [0.2, 0.25) is 0 Å². The number of carbonyl (C=O) groups is 1. The molecule has 9 nitrogen and oxygen atoms in total. The third-order valence-corrected chi connectivity index (χ3v) is 7.45. The number of nitrogens with one attached hydrogen (secondary N) is 1. The molecule has 2 N–H and O–H groups in total. The number of piperidine rings is 1. The Morgan fingerprint density at radius 2 is 1.95 bits per heavy atom. The summed E-state index contributed by atoms with van der Waals surface area (Å²) < 4.78 is 7.67. The van der Waals surface area contributed by atoms with Crippen LogP contribution in [0.25, 0.3) is 16.6 Å². The highest BCUT2D eigenvalue weighted by molar-refractivity contribution is 5.97. The van der Waals surface area contributed by atoms with Gasteiger partial charge in [0, 0.05) is 65.9 Å². The molecule has 42 heavy (non-hydrogen) atoms. The van der Waals surface area contributed by atoms with E-state index < -0.39 is 5.60 Å². The van der Waals surface area contributed by atoms with Gasteiger partial charge in [0.15, 0.2) is 0 Å². The number of nitrogens with zero attached hydrogens (tertiary/aromatic N) is 5. The van der Waals surface area contributed by atoms with Crippen LogP contribution < -0.4 is 15.0 Å². The summed E-state index contributed by atoms with van der Waals surface area (Å²) in [5, 5.41) is 17.9. The SMILES string of the molecule is C#Cc1ccc(C(=O)NC2(C)CCN(c3ccc(-c4cc(OCC(C)(C)O)cn5ncc(C=NC)c45)cn3)CC2)cc1. The summed E-state index contributed by atoms with van der Waals surface area (Å²) in [6.45, 7) is 7.18. The average Bonchev–Trinajstić information content (AvgIpc) is 3.38. The van der Waals surface area contributed by atoms with E-state index in [1.54, 1.807) is 68.3 Å². The second-order valence-corrected chi connectivity index (χ2v) is 11.6. The average molecular weight is 565 g/mol. The molecular weight excluding hydrogens is 528 g/mol. The smallest absolute Gasteiger partial charge is 0.251 e. The van der Waals surface area contributed by atoms with Gasteiger partial charge in [0.05, 0.1) is 23.5 Å². The minimum absolute atomic E-state index is 0.0931. The molecule has 1 amide bonds. The number of hydrogen-bond donors (Lipinski definition) is 2. The molecular formula is C33H36N6O3. The van der Waals surface area contributed by atoms with E-state index in [-0.39, 0.29) is 18.1 Å². The molecule has 1 aliphatic rings. The van der Waals surface area contributed by atoms with Crippen molar-refractivity contribution >= 4 is 23.5 Å². The van der Waals surface area contributed by atoms with Crippen molar-refractivity contribution < 1.29 is 14.6 Å². The Morgan fingerprint density at radius 3 is 2.57 bits per heavy atom. The van der Waals surface area contributed by atoms with Crippen LogP contribution in [0.1, 0.15) is 55.1 Å². The Balaban J connectivity index is 1.31. The number of hydrogen-bond acceptors (Lipinski definition) is 7. The normalized spacial score (nSPS) is 15.1. The zero-order valence-electron chi connectivity index (χ0n) is 24.5. The van der Waals surface area contributed by atoms with Gasteiger partial charge in [0.25, 0.3) is 5.91 Å². The van der Waals surface area contributed by atoms with Gasteiger partial charge in [-0.15, -0.1) is 6.42 Å². The predicted octanol–water partition coefficient (Wildman–Crippen LogP) is 4.36. The second-order valence-electron chi connectivity index (χ2n) is 11.6. The van der Waals surface area contributed by atoms with Crippen LogP contribution in [-0.4, -0.2) is 69.7 Å². The lowest BCUT2D eigenvalue weighted by molar-refractivity contribution is 0.0283. The van der Waals surface area contributed by atoms with E-state index >= 15 is 0 Å². The first-order valence-electron chi connectivity index (χ1n) is 14.0. The van der Waals surface area contributed by atoms with E-state index in [0.717, 1.165) is 59.5 Å². The van der Waals surface area contributed by atoms with Crippen LogP contribution in [0.2, 0.25) is 0 Å². The molecule has 1 fully saturated rings. The van der Waals surface area contributed by atoms with Gasteiger partial charge in [-0.25, -0.2) is 9.50 Å². The van der Waals surface area contributed by atoms with Gasteiger partial charge >= 0.3 is 0 Å². The number of fused-ring (bicyclic) bond motifs is 1. The fourth-order valence-electron chi connectivity index (χ4n) is 5.06. The van der Waals surface area contributed by atoms with Gasteiger partial charge in [-0.3, -0.25) is 9.79 Å². The summed E-state index contributed by atoms with van der Waals surface area (Å²) in [4.78, 5) is 24.1. The number of rotatable bonds is 8. The molecule has 0 atom stereocenters. The molecule has 216 valence electrons. The summed E-state index contributed by atoms with van der Waals surface area (Å²) in [6, 6.07) is 13.1. The van der Waals surface area contributed by atoms with Crippen LogP contribution in [0, 0.1) is 12.3 Å².